The van der Waals surface area contributed by atoms with Gasteiger partial charge < -0.3 is 14.2 Å². The number of benzene rings is 1. The van der Waals surface area contributed by atoms with Gasteiger partial charge in [0, 0.05) is 10.9 Å². The molecule has 2 heterocycles. The van der Waals surface area contributed by atoms with E-state index in [1.165, 1.54) is 0 Å². The van der Waals surface area contributed by atoms with Crippen LogP contribution in [0.2, 0.25) is 5.22 Å². The van der Waals surface area contributed by atoms with Crippen LogP contribution in [0.15, 0.2) is 51.5 Å². The summed E-state index contributed by atoms with van der Waals surface area (Å²) >= 11 is 6.11. The third-order valence-corrected chi connectivity index (χ3v) is 3.59. The molecule has 0 aliphatic rings. The van der Waals surface area contributed by atoms with Gasteiger partial charge >= 0.3 is 0 Å². The lowest BCUT2D eigenvalue weighted by atomic mass is 10.1. The second-order valence-electron chi connectivity index (χ2n) is 4.72. The van der Waals surface area contributed by atoms with Crippen LogP contribution in [0.3, 0.4) is 0 Å². The summed E-state index contributed by atoms with van der Waals surface area (Å²) in [5.74, 6) is 0.850. The summed E-state index contributed by atoms with van der Waals surface area (Å²) in [5, 5.41) is 4.94. The van der Waals surface area contributed by atoms with Gasteiger partial charge in [-0.3, -0.25) is 0 Å². The van der Waals surface area contributed by atoms with Crippen molar-refractivity contribution in [2.45, 2.75) is 19.4 Å². The maximum absolute atomic E-state index is 6.11. The first-order valence-electron chi connectivity index (χ1n) is 6.74. The molecule has 20 heavy (non-hydrogen) atoms. The van der Waals surface area contributed by atoms with Crippen molar-refractivity contribution in [2.75, 3.05) is 6.54 Å². The van der Waals surface area contributed by atoms with Crippen molar-refractivity contribution < 1.29 is 8.83 Å². The third-order valence-electron chi connectivity index (χ3n) is 3.28. The molecule has 3 aromatic rings. The lowest BCUT2D eigenvalue weighted by Crippen LogP contribution is -2.22. The standard InChI is InChI=1S/C16H16ClNO2/c1-2-8-18-15(12-7-9-19-16(12)17)14-10-11-5-3-4-6-13(11)20-14/h3-7,9-10,15,18H,2,8H2,1H3. The quantitative estimate of drug-likeness (QED) is 0.735. The Bertz CT molecular complexity index is 668. The molecular weight excluding hydrogens is 274 g/mol. The summed E-state index contributed by atoms with van der Waals surface area (Å²) in [6.07, 6.45) is 2.63. The summed E-state index contributed by atoms with van der Waals surface area (Å²) < 4.78 is 11.1. The molecule has 4 heteroatoms. The van der Waals surface area contributed by atoms with Gasteiger partial charge in [-0.05, 0) is 42.8 Å². The number of hydrogen-bond donors (Lipinski definition) is 1. The van der Waals surface area contributed by atoms with Crippen LogP contribution in [0, 0.1) is 0 Å². The van der Waals surface area contributed by atoms with Crippen LogP contribution in [0.25, 0.3) is 11.0 Å². The minimum Gasteiger partial charge on any atom is -0.459 e. The van der Waals surface area contributed by atoms with Crippen molar-refractivity contribution in [3.63, 3.8) is 0 Å². The molecule has 1 N–H and O–H groups in total. The Balaban J connectivity index is 2.02. The van der Waals surface area contributed by atoms with Crippen molar-refractivity contribution in [2.24, 2.45) is 0 Å². The van der Waals surface area contributed by atoms with Gasteiger partial charge in [-0.25, -0.2) is 0 Å². The first-order valence-corrected chi connectivity index (χ1v) is 7.12. The molecule has 0 saturated heterocycles. The van der Waals surface area contributed by atoms with E-state index >= 15 is 0 Å². The molecule has 1 unspecified atom stereocenters. The van der Waals surface area contributed by atoms with Crippen molar-refractivity contribution >= 4 is 22.6 Å². The fourth-order valence-electron chi connectivity index (χ4n) is 2.31. The van der Waals surface area contributed by atoms with Gasteiger partial charge in [0.25, 0.3) is 0 Å². The maximum Gasteiger partial charge on any atom is 0.198 e. The molecule has 2 aromatic heterocycles. The fraction of sp³-hybridized carbons (Fsp3) is 0.250. The highest BCUT2D eigenvalue weighted by Gasteiger charge is 2.22. The van der Waals surface area contributed by atoms with E-state index in [9.17, 15) is 0 Å². The molecule has 0 bridgehead atoms. The van der Waals surface area contributed by atoms with E-state index in [2.05, 4.69) is 12.2 Å². The minimum absolute atomic E-state index is 0.0893. The number of fused-ring (bicyclic) bond motifs is 1. The van der Waals surface area contributed by atoms with Crippen LogP contribution < -0.4 is 5.32 Å². The monoisotopic (exact) mass is 289 g/mol. The van der Waals surface area contributed by atoms with Crippen molar-refractivity contribution in [1.82, 2.24) is 5.32 Å². The molecule has 0 fully saturated rings. The average Bonchev–Trinajstić information content (AvgIpc) is 3.06. The first-order chi connectivity index (χ1) is 9.79. The van der Waals surface area contributed by atoms with Crippen molar-refractivity contribution in [1.29, 1.82) is 0 Å². The van der Waals surface area contributed by atoms with Gasteiger partial charge in [0.2, 0.25) is 0 Å². The van der Waals surface area contributed by atoms with Crippen LogP contribution in [0.4, 0.5) is 0 Å². The van der Waals surface area contributed by atoms with E-state index < -0.39 is 0 Å². The van der Waals surface area contributed by atoms with Crippen LogP contribution in [0.1, 0.15) is 30.7 Å². The smallest absolute Gasteiger partial charge is 0.198 e. The zero-order valence-electron chi connectivity index (χ0n) is 11.2. The minimum atomic E-state index is -0.0893. The SMILES string of the molecule is CCCNC(c1cc2ccccc2o1)c1ccoc1Cl. The van der Waals surface area contributed by atoms with Crippen LogP contribution in [-0.2, 0) is 0 Å². The summed E-state index contributed by atoms with van der Waals surface area (Å²) in [6, 6.07) is 11.8. The normalized spacial score (nSPS) is 12.9. The van der Waals surface area contributed by atoms with Gasteiger partial charge in [0.15, 0.2) is 5.22 Å². The van der Waals surface area contributed by atoms with Gasteiger partial charge in [-0.15, -0.1) is 0 Å². The molecule has 0 spiro atoms. The molecule has 0 aliphatic heterocycles. The molecular formula is C16H16ClNO2. The van der Waals surface area contributed by atoms with E-state index in [1.807, 2.05) is 36.4 Å². The van der Waals surface area contributed by atoms with E-state index in [1.54, 1.807) is 6.26 Å². The maximum atomic E-state index is 6.11. The summed E-state index contributed by atoms with van der Waals surface area (Å²) in [6.45, 7) is 3.00. The number of furan rings is 2. The zero-order valence-corrected chi connectivity index (χ0v) is 12.0. The molecule has 1 atom stereocenters. The Hall–Kier alpha value is -1.71. The Morgan fingerprint density at radius 2 is 2.10 bits per heavy atom. The Labute approximate surface area is 122 Å². The molecule has 3 nitrogen and oxygen atoms in total. The number of hydrogen-bond acceptors (Lipinski definition) is 3. The van der Waals surface area contributed by atoms with Crippen LogP contribution in [0.5, 0.6) is 0 Å². The van der Waals surface area contributed by atoms with Crippen molar-refractivity contribution in [3.05, 3.63) is 59.2 Å². The summed E-state index contributed by atoms with van der Waals surface area (Å²) in [7, 11) is 0. The van der Waals surface area contributed by atoms with E-state index in [4.69, 9.17) is 20.4 Å². The van der Waals surface area contributed by atoms with Crippen LogP contribution >= 0.6 is 11.6 Å². The third kappa shape index (κ3) is 2.47. The number of rotatable bonds is 5. The van der Waals surface area contributed by atoms with Crippen LogP contribution in [-0.4, -0.2) is 6.54 Å². The number of nitrogens with one attached hydrogen (secondary N) is 1. The lowest BCUT2D eigenvalue weighted by molar-refractivity contribution is 0.465. The lowest BCUT2D eigenvalue weighted by Gasteiger charge is -2.14. The number of halogens is 1. The molecule has 0 radical (unpaired) electrons. The molecule has 0 amide bonds. The Morgan fingerprint density at radius 3 is 2.80 bits per heavy atom. The summed E-state index contributed by atoms with van der Waals surface area (Å²) in [5.41, 5.74) is 1.78. The first kappa shape index (κ1) is 13.3. The second-order valence-corrected chi connectivity index (χ2v) is 5.07. The molecule has 1 aromatic carbocycles. The van der Waals surface area contributed by atoms with E-state index in [0.29, 0.717) is 5.22 Å². The Morgan fingerprint density at radius 1 is 1.25 bits per heavy atom. The predicted molar refractivity (Wildman–Crippen MR) is 80.1 cm³/mol. The van der Waals surface area contributed by atoms with Gasteiger partial charge in [0.05, 0.1) is 12.3 Å². The molecule has 0 saturated carbocycles. The fourth-order valence-corrected chi connectivity index (χ4v) is 2.53. The second kappa shape index (κ2) is 5.73. The molecule has 3 rings (SSSR count). The number of para-hydroxylation sites is 1. The predicted octanol–water partition coefficient (Wildman–Crippen LogP) is 4.77. The highest BCUT2D eigenvalue weighted by atomic mass is 35.5. The molecule has 0 aliphatic carbocycles. The van der Waals surface area contributed by atoms with E-state index in [-0.39, 0.29) is 6.04 Å². The van der Waals surface area contributed by atoms with Crippen molar-refractivity contribution in [3.8, 4) is 0 Å². The van der Waals surface area contributed by atoms with Gasteiger partial charge in [-0.1, -0.05) is 25.1 Å². The van der Waals surface area contributed by atoms with E-state index in [0.717, 1.165) is 35.3 Å². The summed E-state index contributed by atoms with van der Waals surface area (Å²) in [4.78, 5) is 0. The highest BCUT2D eigenvalue weighted by Crippen LogP contribution is 2.32. The molecule has 104 valence electrons. The van der Waals surface area contributed by atoms with Gasteiger partial charge in [-0.2, -0.15) is 0 Å². The Kier molecular flexibility index (Phi) is 3.81. The largest absolute Gasteiger partial charge is 0.459 e. The topological polar surface area (TPSA) is 38.3 Å². The highest BCUT2D eigenvalue weighted by molar-refractivity contribution is 6.29. The van der Waals surface area contributed by atoms with Gasteiger partial charge in [0.1, 0.15) is 11.3 Å². The average molecular weight is 290 g/mol. The zero-order chi connectivity index (χ0) is 13.9.